The minimum absolute atomic E-state index is 0.00842. The first-order chi connectivity index (χ1) is 12.8. The molecule has 3 amide bonds. The molecule has 1 fully saturated rings. The Labute approximate surface area is 153 Å². The average Bonchev–Trinajstić information content (AvgIpc) is 2.95. The lowest BCUT2D eigenvalue weighted by Crippen LogP contribution is -2.43. The first-order valence-electron chi connectivity index (χ1n) is 8.09. The zero-order valence-corrected chi connectivity index (χ0v) is 14.6. The number of alkyl halides is 3. The molecule has 1 aliphatic rings. The summed E-state index contributed by atoms with van der Waals surface area (Å²) in [5.41, 5.74) is 0.811. The van der Waals surface area contributed by atoms with Crippen LogP contribution in [-0.4, -0.2) is 62.3 Å². The highest BCUT2D eigenvalue weighted by molar-refractivity contribution is 6.01. The van der Waals surface area contributed by atoms with Crippen molar-refractivity contribution < 1.29 is 27.5 Å². The van der Waals surface area contributed by atoms with Crippen molar-refractivity contribution in [2.75, 3.05) is 33.3 Å². The molecule has 0 unspecified atom stereocenters. The molecule has 0 radical (unpaired) electrons. The number of nitrogens with one attached hydrogen (secondary N) is 3. The molecule has 0 saturated carbocycles. The zero-order valence-electron chi connectivity index (χ0n) is 14.6. The summed E-state index contributed by atoms with van der Waals surface area (Å²) in [5, 5.41) is 8.43. The van der Waals surface area contributed by atoms with E-state index in [1.54, 1.807) is 19.2 Å². The topological polar surface area (TPSA) is 95.1 Å². The molecule has 1 aromatic carbocycles. The molecule has 148 valence electrons. The van der Waals surface area contributed by atoms with E-state index >= 15 is 0 Å². The highest BCUT2D eigenvalue weighted by Crippen LogP contribution is 2.18. The van der Waals surface area contributed by atoms with Gasteiger partial charge in [0.1, 0.15) is 5.75 Å². The lowest BCUT2D eigenvalue weighted by molar-refractivity contribution is -0.153. The van der Waals surface area contributed by atoms with Crippen LogP contribution in [0.3, 0.4) is 0 Å². The van der Waals surface area contributed by atoms with Gasteiger partial charge in [0.05, 0.1) is 6.54 Å². The van der Waals surface area contributed by atoms with E-state index in [0.29, 0.717) is 19.0 Å². The summed E-state index contributed by atoms with van der Waals surface area (Å²) in [6, 6.07) is 5.77. The SMILES string of the molecule is CN=C(NCCN1C(=O)CNC1=O)NCc1ccc(OCC(F)(F)F)cc1. The Morgan fingerprint density at radius 1 is 1.26 bits per heavy atom. The fourth-order valence-electron chi connectivity index (χ4n) is 2.24. The fourth-order valence-corrected chi connectivity index (χ4v) is 2.24. The van der Waals surface area contributed by atoms with Crippen molar-refractivity contribution in [3.63, 3.8) is 0 Å². The van der Waals surface area contributed by atoms with Gasteiger partial charge in [-0.1, -0.05) is 12.1 Å². The van der Waals surface area contributed by atoms with Crippen molar-refractivity contribution in [1.82, 2.24) is 20.9 Å². The second-order valence-corrected chi connectivity index (χ2v) is 5.60. The van der Waals surface area contributed by atoms with E-state index in [-0.39, 0.29) is 24.7 Å². The third kappa shape index (κ3) is 6.68. The van der Waals surface area contributed by atoms with Gasteiger partial charge in [-0.3, -0.25) is 14.7 Å². The number of hydrogen-bond acceptors (Lipinski definition) is 4. The highest BCUT2D eigenvalue weighted by atomic mass is 19.4. The summed E-state index contributed by atoms with van der Waals surface area (Å²) >= 11 is 0. The van der Waals surface area contributed by atoms with Crippen LogP contribution in [0, 0.1) is 0 Å². The van der Waals surface area contributed by atoms with Crippen LogP contribution in [0.2, 0.25) is 0 Å². The van der Waals surface area contributed by atoms with Crippen LogP contribution < -0.4 is 20.7 Å². The van der Waals surface area contributed by atoms with Gasteiger partial charge in [0, 0.05) is 26.7 Å². The van der Waals surface area contributed by atoms with Crippen LogP contribution in [0.15, 0.2) is 29.3 Å². The molecule has 1 heterocycles. The molecule has 1 saturated heterocycles. The Bertz CT molecular complexity index is 676. The van der Waals surface area contributed by atoms with Crippen LogP contribution >= 0.6 is 0 Å². The molecule has 3 N–H and O–H groups in total. The molecule has 0 atom stereocenters. The predicted octanol–water partition coefficient (Wildman–Crippen LogP) is 0.844. The molecule has 0 aliphatic carbocycles. The van der Waals surface area contributed by atoms with Crippen LogP contribution in [-0.2, 0) is 11.3 Å². The second kappa shape index (κ2) is 9.10. The van der Waals surface area contributed by atoms with E-state index in [1.165, 1.54) is 12.1 Å². The Balaban J connectivity index is 1.73. The molecule has 2 rings (SSSR count). The molecule has 1 aromatic rings. The van der Waals surface area contributed by atoms with Crippen LogP contribution in [0.25, 0.3) is 0 Å². The monoisotopic (exact) mass is 387 g/mol. The fraction of sp³-hybridized carbons (Fsp3) is 0.438. The third-order valence-electron chi connectivity index (χ3n) is 3.57. The molecule has 8 nitrogen and oxygen atoms in total. The van der Waals surface area contributed by atoms with Crippen molar-refractivity contribution in [3.8, 4) is 5.75 Å². The zero-order chi connectivity index (χ0) is 19.9. The quantitative estimate of drug-likeness (QED) is 0.366. The van der Waals surface area contributed by atoms with Gasteiger partial charge in [0.25, 0.3) is 0 Å². The average molecular weight is 387 g/mol. The highest BCUT2D eigenvalue weighted by Gasteiger charge is 2.28. The van der Waals surface area contributed by atoms with Crippen LogP contribution in [0.1, 0.15) is 5.56 Å². The van der Waals surface area contributed by atoms with E-state index in [1.807, 2.05) is 0 Å². The lowest BCUT2D eigenvalue weighted by Gasteiger charge is -2.15. The van der Waals surface area contributed by atoms with Gasteiger partial charge in [-0.2, -0.15) is 13.2 Å². The third-order valence-corrected chi connectivity index (χ3v) is 3.57. The van der Waals surface area contributed by atoms with Gasteiger partial charge in [0.15, 0.2) is 12.6 Å². The van der Waals surface area contributed by atoms with Gasteiger partial charge in [0.2, 0.25) is 5.91 Å². The number of halogens is 3. The number of rotatable bonds is 7. The van der Waals surface area contributed by atoms with Crippen LogP contribution in [0.4, 0.5) is 18.0 Å². The molecule has 1 aliphatic heterocycles. The van der Waals surface area contributed by atoms with Crippen LogP contribution in [0.5, 0.6) is 5.75 Å². The summed E-state index contributed by atoms with van der Waals surface area (Å²) in [4.78, 5) is 28.0. The number of nitrogens with zero attached hydrogens (tertiary/aromatic N) is 2. The minimum atomic E-state index is -4.38. The summed E-state index contributed by atoms with van der Waals surface area (Å²) in [6.45, 7) is -0.421. The maximum atomic E-state index is 12.1. The van der Waals surface area contributed by atoms with Gasteiger partial charge >= 0.3 is 12.2 Å². The van der Waals surface area contributed by atoms with Crippen molar-refractivity contribution in [1.29, 1.82) is 0 Å². The van der Waals surface area contributed by atoms with Gasteiger partial charge < -0.3 is 20.7 Å². The summed E-state index contributed by atoms with van der Waals surface area (Å²) in [5.74, 6) is 0.309. The normalized spacial score (nSPS) is 15.0. The number of hydrogen-bond donors (Lipinski definition) is 3. The van der Waals surface area contributed by atoms with Gasteiger partial charge in [-0.15, -0.1) is 0 Å². The van der Waals surface area contributed by atoms with E-state index in [2.05, 4.69) is 25.7 Å². The number of amides is 3. The Morgan fingerprint density at radius 3 is 2.52 bits per heavy atom. The maximum Gasteiger partial charge on any atom is 0.422 e. The molecule has 0 bridgehead atoms. The number of urea groups is 1. The van der Waals surface area contributed by atoms with E-state index in [0.717, 1.165) is 10.5 Å². The number of imide groups is 1. The summed E-state index contributed by atoms with van der Waals surface area (Å²) in [6.07, 6.45) is -4.38. The lowest BCUT2D eigenvalue weighted by atomic mass is 10.2. The molecule has 0 aromatic heterocycles. The summed E-state index contributed by atoms with van der Waals surface area (Å²) < 4.78 is 41.0. The number of ether oxygens (including phenoxy) is 1. The van der Waals surface area contributed by atoms with Crippen molar-refractivity contribution in [2.24, 2.45) is 4.99 Å². The number of aliphatic imine (C=N–C) groups is 1. The maximum absolute atomic E-state index is 12.1. The Hall–Kier alpha value is -2.98. The Morgan fingerprint density at radius 2 is 1.96 bits per heavy atom. The number of carbonyl (C=O) groups is 2. The minimum Gasteiger partial charge on any atom is -0.484 e. The van der Waals surface area contributed by atoms with E-state index in [9.17, 15) is 22.8 Å². The van der Waals surface area contributed by atoms with Crippen molar-refractivity contribution >= 4 is 17.9 Å². The smallest absolute Gasteiger partial charge is 0.422 e. The first-order valence-corrected chi connectivity index (χ1v) is 8.09. The number of guanidine groups is 1. The standard InChI is InChI=1S/C16H20F3N5O3/c1-20-14(21-6-7-24-13(25)9-23-15(24)26)22-8-11-2-4-12(5-3-11)27-10-16(17,18)19/h2-5H,6-10H2,1H3,(H,23,26)(H2,20,21,22). The molecule has 0 spiro atoms. The second-order valence-electron chi connectivity index (χ2n) is 5.60. The predicted molar refractivity (Wildman–Crippen MR) is 91.3 cm³/mol. The summed E-state index contributed by atoms with van der Waals surface area (Å²) in [7, 11) is 1.57. The van der Waals surface area contributed by atoms with Crippen molar-refractivity contribution in [3.05, 3.63) is 29.8 Å². The molecular weight excluding hydrogens is 367 g/mol. The largest absolute Gasteiger partial charge is 0.484 e. The Kier molecular flexibility index (Phi) is 6.85. The van der Waals surface area contributed by atoms with E-state index in [4.69, 9.17) is 0 Å². The first kappa shape index (κ1) is 20.3. The van der Waals surface area contributed by atoms with Gasteiger partial charge in [-0.05, 0) is 17.7 Å². The van der Waals surface area contributed by atoms with Gasteiger partial charge in [-0.25, -0.2) is 4.79 Å². The number of carbonyl (C=O) groups excluding carboxylic acids is 2. The molecule has 27 heavy (non-hydrogen) atoms. The number of benzene rings is 1. The van der Waals surface area contributed by atoms with E-state index < -0.39 is 18.8 Å². The molecule has 11 heteroatoms. The molecular formula is C16H20F3N5O3. The van der Waals surface area contributed by atoms with Crippen molar-refractivity contribution in [2.45, 2.75) is 12.7 Å².